The monoisotopic (exact) mass is 250 g/mol. The van der Waals surface area contributed by atoms with Gasteiger partial charge in [0.2, 0.25) is 5.91 Å². The lowest BCUT2D eigenvalue weighted by Crippen LogP contribution is -2.29. The first kappa shape index (κ1) is 14.2. The molecule has 18 heavy (non-hydrogen) atoms. The Morgan fingerprint density at radius 3 is 2.67 bits per heavy atom. The predicted octanol–water partition coefficient (Wildman–Crippen LogP) is 0.953. The van der Waals surface area contributed by atoms with Crippen molar-refractivity contribution in [3.05, 3.63) is 35.4 Å². The Balaban J connectivity index is 0.000000492. The zero-order valence-electron chi connectivity index (χ0n) is 10.1. The molecular formula is C13H18N2O3. The van der Waals surface area contributed by atoms with Crippen LogP contribution in [0.3, 0.4) is 0 Å². The van der Waals surface area contributed by atoms with E-state index in [1.54, 1.807) is 0 Å². The van der Waals surface area contributed by atoms with E-state index in [2.05, 4.69) is 5.32 Å². The second-order valence-electron chi connectivity index (χ2n) is 4.10. The van der Waals surface area contributed by atoms with E-state index in [0.717, 1.165) is 31.5 Å². The molecule has 2 rings (SSSR count). The average molecular weight is 250 g/mol. The SMILES string of the molecule is NC(=O)c1ccccc1C1CCCNC1.O=CO. The molecule has 0 saturated carbocycles. The van der Waals surface area contributed by atoms with Gasteiger partial charge in [0.05, 0.1) is 0 Å². The molecule has 1 saturated heterocycles. The molecule has 98 valence electrons. The fraction of sp³-hybridized carbons (Fsp3) is 0.385. The minimum atomic E-state index is -0.323. The van der Waals surface area contributed by atoms with E-state index in [1.165, 1.54) is 0 Å². The van der Waals surface area contributed by atoms with Crippen molar-refractivity contribution in [1.82, 2.24) is 5.32 Å². The van der Waals surface area contributed by atoms with Crippen molar-refractivity contribution < 1.29 is 14.7 Å². The molecular weight excluding hydrogens is 232 g/mol. The predicted molar refractivity (Wildman–Crippen MR) is 68.5 cm³/mol. The molecule has 1 aliphatic rings. The maximum Gasteiger partial charge on any atom is 0.290 e. The molecule has 4 N–H and O–H groups in total. The van der Waals surface area contributed by atoms with Crippen molar-refractivity contribution in [1.29, 1.82) is 0 Å². The number of hydrogen-bond acceptors (Lipinski definition) is 3. The Kier molecular flexibility index (Phi) is 5.87. The van der Waals surface area contributed by atoms with Gasteiger partial charge < -0.3 is 16.2 Å². The van der Waals surface area contributed by atoms with Gasteiger partial charge in [-0.05, 0) is 36.9 Å². The van der Waals surface area contributed by atoms with Crippen molar-refractivity contribution in [2.45, 2.75) is 18.8 Å². The van der Waals surface area contributed by atoms with Gasteiger partial charge in [-0.3, -0.25) is 9.59 Å². The minimum Gasteiger partial charge on any atom is -0.483 e. The number of piperidine rings is 1. The molecule has 1 aromatic carbocycles. The van der Waals surface area contributed by atoms with E-state index in [-0.39, 0.29) is 12.4 Å². The summed E-state index contributed by atoms with van der Waals surface area (Å²) >= 11 is 0. The van der Waals surface area contributed by atoms with Gasteiger partial charge >= 0.3 is 0 Å². The van der Waals surface area contributed by atoms with Gasteiger partial charge in [-0.2, -0.15) is 0 Å². The Morgan fingerprint density at radius 2 is 2.11 bits per heavy atom. The van der Waals surface area contributed by atoms with Crippen LogP contribution < -0.4 is 11.1 Å². The van der Waals surface area contributed by atoms with Gasteiger partial charge in [0.25, 0.3) is 6.47 Å². The zero-order chi connectivity index (χ0) is 13.4. The molecule has 0 spiro atoms. The lowest BCUT2D eigenvalue weighted by Gasteiger charge is -2.24. The number of hydrogen-bond donors (Lipinski definition) is 3. The van der Waals surface area contributed by atoms with Crippen LogP contribution in [0.1, 0.15) is 34.7 Å². The van der Waals surface area contributed by atoms with E-state index in [9.17, 15) is 4.79 Å². The molecule has 1 atom stereocenters. The molecule has 1 aromatic rings. The van der Waals surface area contributed by atoms with Crippen molar-refractivity contribution in [2.24, 2.45) is 5.73 Å². The van der Waals surface area contributed by atoms with Crippen LogP contribution in [0.2, 0.25) is 0 Å². The van der Waals surface area contributed by atoms with Gasteiger partial charge in [0.15, 0.2) is 0 Å². The zero-order valence-corrected chi connectivity index (χ0v) is 10.1. The largest absolute Gasteiger partial charge is 0.483 e. The highest BCUT2D eigenvalue weighted by atomic mass is 16.3. The summed E-state index contributed by atoms with van der Waals surface area (Å²) < 4.78 is 0. The van der Waals surface area contributed by atoms with Gasteiger partial charge in [0.1, 0.15) is 0 Å². The van der Waals surface area contributed by atoms with Crippen molar-refractivity contribution in [3.63, 3.8) is 0 Å². The van der Waals surface area contributed by atoms with Crippen LogP contribution in [-0.2, 0) is 4.79 Å². The number of nitrogens with one attached hydrogen (secondary N) is 1. The second kappa shape index (κ2) is 7.45. The highest BCUT2D eigenvalue weighted by Gasteiger charge is 2.19. The van der Waals surface area contributed by atoms with Gasteiger partial charge in [0, 0.05) is 12.1 Å². The summed E-state index contributed by atoms with van der Waals surface area (Å²) in [4.78, 5) is 19.6. The van der Waals surface area contributed by atoms with E-state index in [4.69, 9.17) is 15.6 Å². The van der Waals surface area contributed by atoms with Crippen LogP contribution in [0.4, 0.5) is 0 Å². The van der Waals surface area contributed by atoms with Crippen LogP contribution in [0.15, 0.2) is 24.3 Å². The molecule has 0 aliphatic carbocycles. The van der Waals surface area contributed by atoms with E-state index in [0.29, 0.717) is 11.5 Å². The molecule has 0 aromatic heterocycles. The molecule has 1 fully saturated rings. The van der Waals surface area contributed by atoms with E-state index >= 15 is 0 Å². The fourth-order valence-corrected chi connectivity index (χ4v) is 2.19. The van der Waals surface area contributed by atoms with Crippen LogP contribution in [0.25, 0.3) is 0 Å². The van der Waals surface area contributed by atoms with Crippen LogP contribution in [-0.4, -0.2) is 30.6 Å². The van der Waals surface area contributed by atoms with Crippen LogP contribution in [0, 0.1) is 0 Å². The summed E-state index contributed by atoms with van der Waals surface area (Å²) in [7, 11) is 0. The molecule has 1 unspecified atom stereocenters. The van der Waals surface area contributed by atoms with Crippen LogP contribution >= 0.6 is 0 Å². The third kappa shape index (κ3) is 3.85. The Morgan fingerprint density at radius 1 is 1.44 bits per heavy atom. The third-order valence-electron chi connectivity index (χ3n) is 2.96. The van der Waals surface area contributed by atoms with Gasteiger partial charge in [-0.15, -0.1) is 0 Å². The molecule has 0 radical (unpaired) electrons. The minimum absolute atomic E-state index is 0.250. The van der Waals surface area contributed by atoms with E-state index in [1.807, 2.05) is 24.3 Å². The first-order valence-electron chi connectivity index (χ1n) is 5.88. The standard InChI is InChI=1S/C12H16N2O.CH2O2/c13-12(15)11-6-2-1-5-10(11)9-4-3-7-14-8-9;2-1-3/h1-2,5-6,9,14H,3-4,7-8H2,(H2,13,15);1H,(H,2,3). The second-order valence-corrected chi connectivity index (χ2v) is 4.10. The number of nitrogens with two attached hydrogens (primary N) is 1. The van der Waals surface area contributed by atoms with Crippen molar-refractivity contribution in [3.8, 4) is 0 Å². The average Bonchev–Trinajstić information content (AvgIpc) is 2.40. The number of carbonyl (C=O) groups excluding carboxylic acids is 1. The molecule has 1 amide bonds. The highest BCUT2D eigenvalue weighted by molar-refractivity contribution is 5.94. The number of carboxylic acid groups (broad SMARTS) is 1. The lowest BCUT2D eigenvalue weighted by atomic mass is 9.88. The topological polar surface area (TPSA) is 92.4 Å². The number of amides is 1. The number of carbonyl (C=O) groups is 2. The summed E-state index contributed by atoms with van der Waals surface area (Å²) in [6.45, 7) is 1.78. The number of primary amides is 1. The third-order valence-corrected chi connectivity index (χ3v) is 2.96. The summed E-state index contributed by atoms with van der Waals surface area (Å²) in [5.41, 5.74) is 7.13. The quantitative estimate of drug-likeness (QED) is 0.681. The first-order valence-corrected chi connectivity index (χ1v) is 5.88. The Hall–Kier alpha value is -1.88. The molecule has 0 bridgehead atoms. The highest BCUT2D eigenvalue weighted by Crippen LogP contribution is 2.25. The Bertz CT molecular complexity index is 401. The number of rotatable bonds is 2. The van der Waals surface area contributed by atoms with Gasteiger partial charge in [-0.25, -0.2) is 0 Å². The number of benzene rings is 1. The van der Waals surface area contributed by atoms with Crippen LogP contribution in [0.5, 0.6) is 0 Å². The summed E-state index contributed by atoms with van der Waals surface area (Å²) in [5.74, 6) is 0.110. The van der Waals surface area contributed by atoms with Crippen molar-refractivity contribution >= 4 is 12.4 Å². The lowest BCUT2D eigenvalue weighted by molar-refractivity contribution is -0.122. The molecule has 1 heterocycles. The van der Waals surface area contributed by atoms with E-state index < -0.39 is 0 Å². The summed E-state index contributed by atoms with van der Waals surface area (Å²) in [6.07, 6.45) is 2.30. The Labute approximate surface area is 106 Å². The molecule has 1 aliphatic heterocycles. The summed E-state index contributed by atoms with van der Waals surface area (Å²) in [5, 5.41) is 10.2. The summed E-state index contributed by atoms with van der Waals surface area (Å²) in [6, 6.07) is 7.65. The maximum atomic E-state index is 11.3. The molecule has 5 heteroatoms. The smallest absolute Gasteiger partial charge is 0.290 e. The maximum absolute atomic E-state index is 11.3. The van der Waals surface area contributed by atoms with Crippen molar-refractivity contribution in [2.75, 3.05) is 13.1 Å². The van der Waals surface area contributed by atoms with Gasteiger partial charge in [-0.1, -0.05) is 18.2 Å². The molecule has 5 nitrogen and oxygen atoms in total. The fourth-order valence-electron chi connectivity index (χ4n) is 2.19. The first-order chi connectivity index (χ1) is 8.70. The normalized spacial score (nSPS) is 18.3.